The van der Waals surface area contributed by atoms with Crippen molar-refractivity contribution in [1.29, 1.82) is 0 Å². The molecule has 1 atom stereocenters. The summed E-state index contributed by atoms with van der Waals surface area (Å²) in [5, 5.41) is 0. The Morgan fingerprint density at radius 1 is 1.20 bits per heavy atom. The minimum atomic E-state index is 0.520. The number of anilines is 1. The third-order valence-electron chi connectivity index (χ3n) is 3.88. The third-order valence-corrected chi connectivity index (χ3v) is 3.88. The van der Waals surface area contributed by atoms with Crippen LogP contribution in [0.1, 0.15) is 12.0 Å². The monoisotopic (exact) mass is 269 g/mol. The summed E-state index contributed by atoms with van der Waals surface area (Å²) in [6, 6.07) is 6.65. The van der Waals surface area contributed by atoms with Gasteiger partial charge in [0.2, 0.25) is 0 Å². The van der Waals surface area contributed by atoms with E-state index < -0.39 is 0 Å². The van der Waals surface area contributed by atoms with E-state index in [2.05, 4.69) is 43.9 Å². The SMILES string of the molecule is CN(c1ccncn1)C1CCN(Cc2ccncc2)C1. The highest BCUT2D eigenvalue weighted by Crippen LogP contribution is 2.20. The van der Waals surface area contributed by atoms with Gasteiger partial charge in [-0.15, -0.1) is 0 Å². The molecule has 5 nitrogen and oxygen atoms in total. The molecule has 104 valence electrons. The number of rotatable bonds is 4. The van der Waals surface area contributed by atoms with E-state index in [1.54, 1.807) is 12.5 Å². The highest BCUT2D eigenvalue weighted by atomic mass is 15.3. The van der Waals surface area contributed by atoms with Crippen LogP contribution >= 0.6 is 0 Å². The lowest BCUT2D eigenvalue weighted by atomic mass is 10.2. The summed E-state index contributed by atoms with van der Waals surface area (Å²) in [6.45, 7) is 3.20. The number of hydrogen-bond donors (Lipinski definition) is 0. The number of nitrogens with zero attached hydrogens (tertiary/aromatic N) is 5. The smallest absolute Gasteiger partial charge is 0.131 e. The topological polar surface area (TPSA) is 45.2 Å². The van der Waals surface area contributed by atoms with Gasteiger partial charge in [0.25, 0.3) is 0 Å². The van der Waals surface area contributed by atoms with Gasteiger partial charge in [-0.05, 0) is 30.2 Å². The molecule has 1 fully saturated rings. The van der Waals surface area contributed by atoms with Crippen LogP contribution in [0.2, 0.25) is 0 Å². The molecule has 1 unspecified atom stereocenters. The predicted molar refractivity (Wildman–Crippen MR) is 78.4 cm³/mol. The zero-order valence-corrected chi connectivity index (χ0v) is 11.7. The van der Waals surface area contributed by atoms with E-state index in [0.717, 1.165) is 25.5 Å². The molecule has 20 heavy (non-hydrogen) atoms. The van der Waals surface area contributed by atoms with E-state index in [1.165, 1.54) is 12.0 Å². The first-order chi connectivity index (χ1) is 9.83. The van der Waals surface area contributed by atoms with Gasteiger partial charge in [-0.2, -0.15) is 0 Å². The molecule has 5 heteroatoms. The van der Waals surface area contributed by atoms with E-state index in [1.807, 2.05) is 18.5 Å². The van der Waals surface area contributed by atoms with Gasteiger partial charge in [0, 0.05) is 51.3 Å². The Hall–Kier alpha value is -2.01. The number of likely N-dealkylation sites (N-methyl/N-ethyl adjacent to an activating group) is 1. The fraction of sp³-hybridized carbons (Fsp3) is 0.400. The maximum Gasteiger partial charge on any atom is 0.131 e. The second-order valence-electron chi connectivity index (χ2n) is 5.21. The van der Waals surface area contributed by atoms with Gasteiger partial charge in [0.05, 0.1) is 0 Å². The van der Waals surface area contributed by atoms with Crippen LogP contribution in [0.4, 0.5) is 5.82 Å². The molecule has 0 spiro atoms. The van der Waals surface area contributed by atoms with Crippen LogP contribution in [0.5, 0.6) is 0 Å². The van der Waals surface area contributed by atoms with Gasteiger partial charge < -0.3 is 4.90 Å². The molecule has 0 aliphatic carbocycles. The lowest BCUT2D eigenvalue weighted by molar-refractivity contribution is 0.325. The maximum absolute atomic E-state index is 4.32. The molecule has 1 aliphatic rings. The maximum atomic E-state index is 4.32. The van der Waals surface area contributed by atoms with E-state index in [9.17, 15) is 0 Å². The van der Waals surface area contributed by atoms with Crippen LogP contribution in [0.25, 0.3) is 0 Å². The van der Waals surface area contributed by atoms with Crippen molar-refractivity contribution in [3.8, 4) is 0 Å². The zero-order valence-electron chi connectivity index (χ0n) is 11.7. The van der Waals surface area contributed by atoms with Gasteiger partial charge in [0.1, 0.15) is 12.1 Å². The Morgan fingerprint density at radius 2 is 2.00 bits per heavy atom. The third kappa shape index (κ3) is 2.93. The predicted octanol–water partition coefficient (Wildman–Crippen LogP) is 1.58. The summed E-state index contributed by atoms with van der Waals surface area (Å²) in [5.74, 6) is 0.996. The molecule has 0 bridgehead atoms. The fourth-order valence-electron chi connectivity index (χ4n) is 2.70. The normalized spacial score (nSPS) is 19.1. The van der Waals surface area contributed by atoms with Crippen molar-refractivity contribution in [2.45, 2.75) is 19.0 Å². The molecule has 0 radical (unpaired) electrons. The van der Waals surface area contributed by atoms with Crippen molar-refractivity contribution in [2.75, 3.05) is 25.0 Å². The molecule has 1 aliphatic heterocycles. The van der Waals surface area contributed by atoms with E-state index in [-0.39, 0.29) is 0 Å². The Kier molecular flexibility index (Phi) is 3.87. The minimum absolute atomic E-state index is 0.520. The van der Waals surface area contributed by atoms with Crippen molar-refractivity contribution in [2.24, 2.45) is 0 Å². The van der Waals surface area contributed by atoms with E-state index in [0.29, 0.717) is 6.04 Å². The lowest BCUT2D eigenvalue weighted by Crippen LogP contribution is -2.34. The Bertz CT molecular complexity index is 530. The van der Waals surface area contributed by atoms with Gasteiger partial charge in [-0.25, -0.2) is 9.97 Å². The van der Waals surface area contributed by atoms with E-state index >= 15 is 0 Å². The zero-order chi connectivity index (χ0) is 13.8. The van der Waals surface area contributed by atoms with Crippen molar-refractivity contribution in [3.05, 3.63) is 48.7 Å². The number of hydrogen-bond acceptors (Lipinski definition) is 5. The highest BCUT2D eigenvalue weighted by molar-refractivity contribution is 5.37. The lowest BCUT2D eigenvalue weighted by Gasteiger charge is -2.25. The largest absolute Gasteiger partial charge is 0.355 e. The Morgan fingerprint density at radius 3 is 2.75 bits per heavy atom. The van der Waals surface area contributed by atoms with Gasteiger partial charge >= 0.3 is 0 Å². The van der Waals surface area contributed by atoms with Gasteiger partial charge in [-0.1, -0.05) is 0 Å². The summed E-state index contributed by atoms with van der Waals surface area (Å²) in [5.41, 5.74) is 1.32. The average Bonchev–Trinajstić information content (AvgIpc) is 2.97. The number of aromatic nitrogens is 3. The molecule has 2 aromatic heterocycles. The summed E-state index contributed by atoms with van der Waals surface area (Å²) in [4.78, 5) is 17.1. The van der Waals surface area contributed by atoms with E-state index in [4.69, 9.17) is 0 Å². The second kappa shape index (κ2) is 5.96. The van der Waals surface area contributed by atoms with Gasteiger partial charge in [0.15, 0.2) is 0 Å². The highest BCUT2D eigenvalue weighted by Gasteiger charge is 2.26. The molecule has 3 heterocycles. The summed E-state index contributed by atoms with van der Waals surface area (Å²) < 4.78 is 0. The fourth-order valence-corrected chi connectivity index (χ4v) is 2.70. The van der Waals surface area contributed by atoms with Crippen LogP contribution in [-0.2, 0) is 6.54 Å². The van der Waals surface area contributed by atoms with Crippen LogP contribution in [-0.4, -0.2) is 46.0 Å². The molecule has 3 rings (SSSR count). The van der Waals surface area contributed by atoms with Gasteiger partial charge in [-0.3, -0.25) is 9.88 Å². The summed E-state index contributed by atoms with van der Waals surface area (Å²) >= 11 is 0. The average molecular weight is 269 g/mol. The Balaban J connectivity index is 1.59. The molecule has 0 saturated carbocycles. The molecule has 0 aromatic carbocycles. The number of likely N-dealkylation sites (tertiary alicyclic amines) is 1. The molecule has 2 aromatic rings. The van der Waals surface area contributed by atoms with Crippen molar-refractivity contribution in [3.63, 3.8) is 0 Å². The molecule has 1 saturated heterocycles. The first kappa shape index (κ1) is 13.0. The van der Waals surface area contributed by atoms with Crippen LogP contribution in [0.3, 0.4) is 0 Å². The minimum Gasteiger partial charge on any atom is -0.355 e. The van der Waals surface area contributed by atoms with Crippen LogP contribution < -0.4 is 4.90 Å². The Labute approximate surface area is 119 Å². The molecular formula is C15H19N5. The van der Waals surface area contributed by atoms with Crippen LogP contribution in [0, 0.1) is 0 Å². The molecule has 0 amide bonds. The summed E-state index contributed by atoms with van der Waals surface area (Å²) in [7, 11) is 2.11. The second-order valence-corrected chi connectivity index (χ2v) is 5.21. The first-order valence-corrected chi connectivity index (χ1v) is 6.93. The van der Waals surface area contributed by atoms with Crippen LogP contribution in [0.15, 0.2) is 43.1 Å². The number of pyridine rings is 1. The quantitative estimate of drug-likeness (QED) is 0.843. The summed E-state index contributed by atoms with van der Waals surface area (Å²) in [6.07, 6.45) is 8.29. The standard InChI is InChI=1S/C15H19N5/c1-19(15-4-8-17-12-18-15)14-5-9-20(11-14)10-13-2-6-16-7-3-13/h2-4,6-8,12,14H,5,9-11H2,1H3. The van der Waals surface area contributed by atoms with Crippen molar-refractivity contribution in [1.82, 2.24) is 19.9 Å². The van der Waals surface area contributed by atoms with Crippen molar-refractivity contribution >= 4 is 5.82 Å². The molecular weight excluding hydrogens is 250 g/mol. The first-order valence-electron chi connectivity index (χ1n) is 6.93. The molecule has 0 N–H and O–H groups in total. The van der Waals surface area contributed by atoms with Crippen molar-refractivity contribution < 1.29 is 0 Å².